The number of hydrogen-bond donors (Lipinski definition) is 1. The van der Waals surface area contributed by atoms with Crippen LogP contribution in [-0.4, -0.2) is 40.0 Å². The molecule has 0 aromatic heterocycles. The maximum Gasteiger partial charge on any atom is 0.443 e. The molecule has 30 heavy (non-hydrogen) atoms. The summed E-state index contributed by atoms with van der Waals surface area (Å²) in [6.45, 7) is 8.49. The molecule has 5 rings (SSSR count). The van der Waals surface area contributed by atoms with Crippen LogP contribution in [0.2, 0.25) is 0 Å². The molecule has 1 N–H and O–H groups in total. The molecule has 5 nitrogen and oxygen atoms in total. The summed E-state index contributed by atoms with van der Waals surface area (Å²) >= 11 is 0. The summed E-state index contributed by atoms with van der Waals surface area (Å²) in [5, 5.41) is 10.5. The van der Waals surface area contributed by atoms with E-state index in [1.165, 1.54) is 13.8 Å². The second-order valence-electron chi connectivity index (χ2n) is 11.2. The summed E-state index contributed by atoms with van der Waals surface area (Å²) in [7, 11) is 0. The van der Waals surface area contributed by atoms with Crippen LogP contribution >= 0.6 is 0 Å². The molecule has 1 heterocycles. The molecule has 5 aliphatic rings. The number of halogens is 3. The fourth-order valence-corrected chi connectivity index (χ4v) is 6.54. The number of esters is 1. The Morgan fingerprint density at radius 3 is 2.17 bits per heavy atom. The smallest absolute Gasteiger partial charge is 0.443 e. The number of hydrogen-bond acceptors (Lipinski definition) is 5. The predicted molar refractivity (Wildman–Crippen MR) is 101 cm³/mol. The fraction of sp³-hybridized carbons (Fsp3) is 0.955. The Morgan fingerprint density at radius 2 is 1.67 bits per heavy atom. The molecule has 0 radical (unpaired) electrons. The zero-order chi connectivity index (χ0) is 22.4. The lowest BCUT2D eigenvalue weighted by molar-refractivity contribution is -0.494. The van der Waals surface area contributed by atoms with E-state index in [9.17, 15) is 23.1 Å². The van der Waals surface area contributed by atoms with E-state index in [1.54, 1.807) is 0 Å². The molecule has 4 bridgehead atoms. The Morgan fingerprint density at radius 1 is 1.10 bits per heavy atom. The van der Waals surface area contributed by atoms with Crippen molar-refractivity contribution in [2.45, 2.75) is 109 Å². The van der Waals surface area contributed by atoms with Crippen molar-refractivity contribution >= 4 is 5.97 Å². The minimum absolute atomic E-state index is 0.224. The summed E-state index contributed by atoms with van der Waals surface area (Å²) in [6, 6.07) is 0. The van der Waals surface area contributed by atoms with Gasteiger partial charge in [-0.1, -0.05) is 6.92 Å². The highest BCUT2D eigenvalue weighted by atomic mass is 19.4. The third-order valence-electron chi connectivity index (χ3n) is 8.07. The monoisotopic (exact) mass is 434 g/mol. The highest BCUT2D eigenvalue weighted by Gasteiger charge is 2.73. The van der Waals surface area contributed by atoms with Gasteiger partial charge in [-0.2, -0.15) is 13.2 Å². The van der Waals surface area contributed by atoms with Crippen LogP contribution in [0.15, 0.2) is 0 Å². The van der Waals surface area contributed by atoms with Crippen molar-refractivity contribution in [3.63, 3.8) is 0 Å². The van der Waals surface area contributed by atoms with Crippen LogP contribution in [0.4, 0.5) is 13.2 Å². The highest BCUT2D eigenvalue weighted by Crippen LogP contribution is 2.67. The normalized spacial score (nSPS) is 45.0. The number of carbonyl (C=O) groups excluding carboxylic acids is 1. The van der Waals surface area contributed by atoms with E-state index in [0.717, 1.165) is 19.3 Å². The molecule has 1 spiro atoms. The van der Waals surface area contributed by atoms with Crippen molar-refractivity contribution in [3.05, 3.63) is 0 Å². The van der Waals surface area contributed by atoms with Gasteiger partial charge in [0, 0.05) is 6.42 Å². The van der Waals surface area contributed by atoms with Crippen LogP contribution in [0.1, 0.15) is 79.6 Å². The first kappa shape index (κ1) is 22.3. The maximum atomic E-state index is 13.8. The Labute approximate surface area is 175 Å². The molecule has 1 aliphatic heterocycles. The molecule has 4 saturated carbocycles. The summed E-state index contributed by atoms with van der Waals surface area (Å²) < 4.78 is 58.7. The standard InChI is InChI=1S/C22H33F3O5/c1-6-17(2,3)16(26)28-19-9-13-7-14(10-19)20(15(8-13)11-19)12-21(27,22(23,24)25)30-18(4,5)29-20/h13-15,27H,6-12H2,1-5H3. The van der Waals surface area contributed by atoms with Gasteiger partial charge in [0.15, 0.2) is 5.79 Å². The Bertz CT molecular complexity index is 715. The van der Waals surface area contributed by atoms with Crippen LogP contribution in [0.25, 0.3) is 0 Å². The van der Waals surface area contributed by atoms with Gasteiger partial charge in [0.1, 0.15) is 5.60 Å². The number of ether oxygens (including phenoxy) is 3. The summed E-state index contributed by atoms with van der Waals surface area (Å²) in [5.41, 5.74) is -2.39. The second kappa shape index (κ2) is 6.35. The lowest BCUT2D eigenvalue weighted by atomic mass is 9.46. The van der Waals surface area contributed by atoms with Crippen LogP contribution in [-0.2, 0) is 19.0 Å². The van der Waals surface area contributed by atoms with E-state index in [4.69, 9.17) is 14.2 Å². The van der Waals surface area contributed by atoms with Crippen LogP contribution < -0.4 is 0 Å². The molecule has 0 aromatic carbocycles. The zero-order valence-corrected chi connectivity index (χ0v) is 18.4. The van der Waals surface area contributed by atoms with Crippen molar-refractivity contribution < 1.29 is 37.3 Å². The van der Waals surface area contributed by atoms with E-state index in [0.29, 0.717) is 25.2 Å². The highest BCUT2D eigenvalue weighted by molar-refractivity contribution is 5.76. The van der Waals surface area contributed by atoms with Crippen molar-refractivity contribution in [3.8, 4) is 0 Å². The summed E-state index contributed by atoms with van der Waals surface area (Å²) in [6.07, 6.45) is -1.79. The van der Waals surface area contributed by atoms with E-state index in [1.807, 2.05) is 20.8 Å². The zero-order valence-electron chi connectivity index (χ0n) is 18.4. The van der Waals surface area contributed by atoms with Gasteiger partial charge >= 0.3 is 12.1 Å². The average Bonchev–Trinajstić information content (AvgIpc) is 2.56. The third-order valence-corrected chi connectivity index (χ3v) is 8.07. The van der Waals surface area contributed by atoms with Gasteiger partial charge in [0.2, 0.25) is 0 Å². The van der Waals surface area contributed by atoms with Crippen molar-refractivity contribution in [2.75, 3.05) is 0 Å². The van der Waals surface area contributed by atoms with Crippen molar-refractivity contribution in [1.82, 2.24) is 0 Å². The number of aliphatic hydroxyl groups is 1. The minimum atomic E-state index is -4.93. The van der Waals surface area contributed by atoms with E-state index in [2.05, 4.69) is 0 Å². The Kier molecular flexibility index (Phi) is 4.73. The van der Waals surface area contributed by atoms with Gasteiger partial charge in [0.05, 0.1) is 11.0 Å². The van der Waals surface area contributed by atoms with Crippen LogP contribution in [0.5, 0.6) is 0 Å². The number of carbonyl (C=O) groups is 1. The maximum absolute atomic E-state index is 13.8. The Hall–Kier alpha value is -0.860. The average molecular weight is 434 g/mol. The van der Waals surface area contributed by atoms with Crippen LogP contribution in [0.3, 0.4) is 0 Å². The fourth-order valence-electron chi connectivity index (χ4n) is 6.54. The first-order valence-electron chi connectivity index (χ1n) is 11.0. The largest absolute Gasteiger partial charge is 0.459 e. The van der Waals surface area contributed by atoms with E-state index < -0.39 is 40.8 Å². The third kappa shape index (κ3) is 3.28. The molecule has 5 fully saturated rings. The molecular formula is C22H33F3O5. The first-order chi connectivity index (χ1) is 13.6. The summed E-state index contributed by atoms with van der Waals surface area (Å²) in [5.74, 6) is -5.23. The molecule has 3 atom stereocenters. The molecule has 0 amide bonds. The van der Waals surface area contributed by atoms with Crippen molar-refractivity contribution in [2.24, 2.45) is 23.2 Å². The molecule has 4 aliphatic carbocycles. The van der Waals surface area contributed by atoms with Gasteiger partial charge in [-0.3, -0.25) is 4.79 Å². The SMILES string of the molecule is CCC(C)(C)C(=O)OC12CC3CC(C1)C1(CC(O)(C(F)(F)F)OC(C)(C)O1)C(C3)C2. The molecule has 3 unspecified atom stereocenters. The topological polar surface area (TPSA) is 65.0 Å². The molecular weight excluding hydrogens is 401 g/mol. The number of alkyl halides is 3. The van der Waals surface area contributed by atoms with Gasteiger partial charge in [-0.15, -0.1) is 0 Å². The predicted octanol–water partition coefficient (Wildman–Crippen LogP) is 4.71. The lowest BCUT2D eigenvalue weighted by Crippen LogP contribution is -2.73. The van der Waals surface area contributed by atoms with E-state index >= 15 is 0 Å². The second-order valence-corrected chi connectivity index (χ2v) is 11.2. The van der Waals surface area contributed by atoms with Gasteiger partial charge in [0.25, 0.3) is 5.79 Å². The molecule has 0 aromatic rings. The van der Waals surface area contributed by atoms with Gasteiger partial charge in [-0.05, 0) is 84.0 Å². The molecule has 1 saturated heterocycles. The lowest BCUT2D eigenvalue weighted by Gasteiger charge is -2.67. The summed E-state index contributed by atoms with van der Waals surface area (Å²) in [4.78, 5) is 12.8. The van der Waals surface area contributed by atoms with Gasteiger partial charge < -0.3 is 19.3 Å². The molecule has 8 heteroatoms. The van der Waals surface area contributed by atoms with Crippen LogP contribution in [0, 0.1) is 23.2 Å². The minimum Gasteiger partial charge on any atom is -0.459 e. The quantitative estimate of drug-likeness (QED) is 0.652. The van der Waals surface area contributed by atoms with E-state index in [-0.39, 0.29) is 17.8 Å². The molecule has 172 valence electrons. The Balaban J connectivity index is 1.66. The van der Waals surface area contributed by atoms with Crippen molar-refractivity contribution in [1.29, 1.82) is 0 Å². The first-order valence-corrected chi connectivity index (χ1v) is 11.0. The van der Waals surface area contributed by atoms with Gasteiger partial charge in [-0.25, -0.2) is 0 Å². The number of rotatable bonds is 3.